The van der Waals surface area contributed by atoms with Crippen LogP contribution in [0.4, 0.5) is 0 Å². The van der Waals surface area contributed by atoms with Crippen molar-refractivity contribution in [3.05, 3.63) is 12.4 Å². The zero-order valence-corrected chi connectivity index (χ0v) is 5.70. The second-order valence-electron chi connectivity index (χ2n) is 2.36. The van der Waals surface area contributed by atoms with Gasteiger partial charge < -0.3 is 4.90 Å². The van der Waals surface area contributed by atoms with Gasteiger partial charge in [-0.05, 0) is 6.42 Å². The smallest absolute Gasteiger partial charge is 0.146 e. The van der Waals surface area contributed by atoms with Gasteiger partial charge in [-0.1, -0.05) is 0 Å². The SMILES string of the molecule is C1=CN2CCCN=C2C=N1. The van der Waals surface area contributed by atoms with Gasteiger partial charge in [-0.2, -0.15) is 0 Å². The van der Waals surface area contributed by atoms with E-state index in [0.29, 0.717) is 0 Å². The van der Waals surface area contributed by atoms with Crippen LogP contribution < -0.4 is 0 Å². The molecule has 0 bridgehead atoms. The summed E-state index contributed by atoms with van der Waals surface area (Å²) in [5.74, 6) is 1.01. The molecule has 0 atom stereocenters. The van der Waals surface area contributed by atoms with Crippen LogP contribution in [0, 0.1) is 0 Å². The third-order valence-corrected chi connectivity index (χ3v) is 1.65. The maximum absolute atomic E-state index is 4.29. The molecule has 2 heterocycles. The molecule has 0 radical (unpaired) electrons. The van der Waals surface area contributed by atoms with Gasteiger partial charge in [0.05, 0.1) is 6.21 Å². The zero-order chi connectivity index (χ0) is 6.81. The minimum absolute atomic E-state index is 0.950. The van der Waals surface area contributed by atoms with Gasteiger partial charge in [0.1, 0.15) is 5.84 Å². The Balaban J connectivity index is 2.27. The highest BCUT2D eigenvalue weighted by molar-refractivity contribution is 6.30. The van der Waals surface area contributed by atoms with Crippen molar-refractivity contribution < 1.29 is 0 Å². The minimum Gasteiger partial charge on any atom is -0.330 e. The Kier molecular flexibility index (Phi) is 1.27. The molecule has 2 aliphatic heterocycles. The van der Waals surface area contributed by atoms with E-state index in [1.54, 1.807) is 12.4 Å². The second-order valence-corrected chi connectivity index (χ2v) is 2.36. The van der Waals surface area contributed by atoms with Crippen molar-refractivity contribution in [2.75, 3.05) is 13.1 Å². The largest absolute Gasteiger partial charge is 0.330 e. The summed E-state index contributed by atoms with van der Waals surface area (Å²) in [5, 5.41) is 0. The van der Waals surface area contributed by atoms with Crippen molar-refractivity contribution >= 4 is 12.1 Å². The molecule has 0 amide bonds. The molecule has 3 heteroatoms. The third-order valence-electron chi connectivity index (χ3n) is 1.65. The van der Waals surface area contributed by atoms with Gasteiger partial charge >= 0.3 is 0 Å². The Morgan fingerprint density at radius 2 is 2.50 bits per heavy atom. The predicted molar refractivity (Wildman–Crippen MR) is 41.3 cm³/mol. The lowest BCUT2D eigenvalue weighted by atomic mass is 10.3. The van der Waals surface area contributed by atoms with Crippen LogP contribution in [-0.2, 0) is 0 Å². The number of aliphatic imine (C=N–C) groups is 2. The topological polar surface area (TPSA) is 28.0 Å². The number of amidine groups is 1. The molecular weight excluding hydrogens is 126 g/mol. The van der Waals surface area contributed by atoms with Crippen LogP contribution >= 0.6 is 0 Å². The summed E-state index contributed by atoms with van der Waals surface area (Å²) in [7, 11) is 0. The van der Waals surface area contributed by atoms with Gasteiger partial charge in [-0.3, -0.25) is 9.98 Å². The number of rotatable bonds is 0. The van der Waals surface area contributed by atoms with Crippen molar-refractivity contribution in [3.63, 3.8) is 0 Å². The number of hydrogen-bond donors (Lipinski definition) is 0. The molecule has 10 heavy (non-hydrogen) atoms. The molecule has 0 aromatic rings. The summed E-state index contributed by atoms with van der Waals surface area (Å²) in [4.78, 5) is 10.4. The Morgan fingerprint density at radius 1 is 1.50 bits per heavy atom. The van der Waals surface area contributed by atoms with Crippen LogP contribution in [0.5, 0.6) is 0 Å². The lowest BCUT2D eigenvalue weighted by molar-refractivity contribution is 0.512. The highest BCUT2D eigenvalue weighted by Crippen LogP contribution is 2.05. The van der Waals surface area contributed by atoms with Gasteiger partial charge in [0.25, 0.3) is 0 Å². The second kappa shape index (κ2) is 2.25. The summed E-state index contributed by atoms with van der Waals surface area (Å²) in [6.45, 7) is 2.03. The number of nitrogens with zero attached hydrogens (tertiary/aromatic N) is 3. The van der Waals surface area contributed by atoms with Crippen LogP contribution in [0.25, 0.3) is 0 Å². The fraction of sp³-hybridized carbons (Fsp3) is 0.429. The summed E-state index contributed by atoms with van der Waals surface area (Å²) in [5.41, 5.74) is 0. The molecule has 0 aliphatic carbocycles. The van der Waals surface area contributed by atoms with E-state index in [0.717, 1.165) is 25.3 Å². The molecule has 3 nitrogen and oxygen atoms in total. The molecule has 0 spiro atoms. The molecule has 52 valence electrons. The van der Waals surface area contributed by atoms with Crippen LogP contribution in [0.15, 0.2) is 22.4 Å². The molecule has 2 rings (SSSR count). The monoisotopic (exact) mass is 135 g/mol. The van der Waals surface area contributed by atoms with E-state index >= 15 is 0 Å². The molecule has 0 aromatic heterocycles. The van der Waals surface area contributed by atoms with E-state index in [2.05, 4.69) is 14.9 Å². The van der Waals surface area contributed by atoms with E-state index in [9.17, 15) is 0 Å². The third kappa shape index (κ3) is 0.835. The number of fused-ring (bicyclic) bond motifs is 1. The minimum atomic E-state index is 0.950. The van der Waals surface area contributed by atoms with Crippen molar-refractivity contribution in [2.45, 2.75) is 6.42 Å². The Bertz CT molecular complexity index is 215. The lowest BCUT2D eigenvalue weighted by Crippen LogP contribution is -2.33. The average molecular weight is 135 g/mol. The normalized spacial score (nSPS) is 22.4. The predicted octanol–water partition coefficient (Wildman–Crippen LogP) is 0.646. The van der Waals surface area contributed by atoms with Crippen LogP contribution in [0.1, 0.15) is 6.42 Å². The Morgan fingerprint density at radius 3 is 3.40 bits per heavy atom. The molecule has 2 aliphatic rings. The molecule has 0 N–H and O–H groups in total. The molecule has 0 saturated heterocycles. The standard InChI is InChI=1S/C7H9N3/c1-2-9-7-6-8-3-5-10(7)4-1/h3,5-6H,1-2,4H2. The van der Waals surface area contributed by atoms with E-state index in [4.69, 9.17) is 0 Å². The van der Waals surface area contributed by atoms with Crippen molar-refractivity contribution in [1.29, 1.82) is 0 Å². The first-order chi connectivity index (χ1) is 4.97. The lowest BCUT2D eigenvalue weighted by Gasteiger charge is -2.24. The quantitative estimate of drug-likeness (QED) is 0.479. The van der Waals surface area contributed by atoms with E-state index in [1.807, 2.05) is 6.20 Å². The van der Waals surface area contributed by atoms with E-state index < -0.39 is 0 Å². The summed E-state index contributed by atoms with van der Waals surface area (Å²) in [6, 6.07) is 0. The molecule has 0 fully saturated rings. The maximum Gasteiger partial charge on any atom is 0.146 e. The highest BCUT2D eigenvalue weighted by atomic mass is 15.2. The first kappa shape index (κ1) is 5.65. The van der Waals surface area contributed by atoms with Crippen LogP contribution in [0.2, 0.25) is 0 Å². The van der Waals surface area contributed by atoms with Crippen LogP contribution in [-0.4, -0.2) is 30.0 Å². The zero-order valence-electron chi connectivity index (χ0n) is 5.70. The van der Waals surface area contributed by atoms with Gasteiger partial charge in [-0.15, -0.1) is 0 Å². The molecule has 0 aromatic carbocycles. The summed E-state index contributed by atoms with van der Waals surface area (Å²) in [6.07, 6.45) is 6.73. The van der Waals surface area contributed by atoms with Crippen molar-refractivity contribution in [2.24, 2.45) is 9.98 Å². The molecule has 0 unspecified atom stereocenters. The average Bonchev–Trinajstić information content (AvgIpc) is 2.05. The maximum atomic E-state index is 4.29. The first-order valence-electron chi connectivity index (χ1n) is 3.48. The van der Waals surface area contributed by atoms with E-state index in [1.165, 1.54) is 0 Å². The Hall–Kier alpha value is -1.12. The highest BCUT2D eigenvalue weighted by Gasteiger charge is 2.11. The van der Waals surface area contributed by atoms with Gasteiger partial charge in [0.2, 0.25) is 0 Å². The van der Waals surface area contributed by atoms with Crippen LogP contribution in [0.3, 0.4) is 0 Å². The van der Waals surface area contributed by atoms with Gasteiger partial charge in [-0.25, -0.2) is 0 Å². The van der Waals surface area contributed by atoms with Crippen molar-refractivity contribution in [1.82, 2.24) is 4.90 Å². The van der Waals surface area contributed by atoms with E-state index in [-0.39, 0.29) is 0 Å². The van der Waals surface area contributed by atoms with Gasteiger partial charge in [0, 0.05) is 25.5 Å². The van der Waals surface area contributed by atoms with Gasteiger partial charge in [0.15, 0.2) is 0 Å². The summed E-state index contributed by atoms with van der Waals surface area (Å²) >= 11 is 0. The molecular formula is C7H9N3. The first-order valence-corrected chi connectivity index (χ1v) is 3.48. The Labute approximate surface area is 59.8 Å². The number of hydrogen-bond acceptors (Lipinski definition) is 3. The molecule has 0 saturated carbocycles. The van der Waals surface area contributed by atoms with Crippen molar-refractivity contribution in [3.8, 4) is 0 Å². The summed E-state index contributed by atoms with van der Waals surface area (Å²) < 4.78 is 0. The fourth-order valence-corrected chi connectivity index (χ4v) is 1.13. The fourth-order valence-electron chi connectivity index (χ4n) is 1.13.